The summed E-state index contributed by atoms with van der Waals surface area (Å²) in [4.78, 5) is 24.5. The van der Waals surface area contributed by atoms with E-state index in [0.29, 0.717) is 30.8 Å². The van der Waals surface area contributed by atoms with Gasteiger partial charge in [-0.2, -0.15) is 10.4 Å². The number of nitriles is 1. The average molecular weight is 485 g/mol. The van der Waals surface area contributed by atoms with E-state index < -0.39 is 0 Å². The average Bonchev–Trinajstić information content (AvgIpc) is 3.21. The third kappa shape index (κ3) is 5.67. The van der Waals surface area contributed by atoms with Gasteiger partial charge in [-0.25, -0.2) is 9.07 Å². The molecule has 1 heterocycles. The van der Waals surface area contributed by atoms with Crippen LogP contribution in [0.3, 0.4) is 0 Å². The van der Waals surface area contributed by atoms with E-state index in [1.54, 1.807) is 0 Å². The number of carbonyl (C=O) groups excluding carboxylic acids is 2. The van der Waals surface area contributed by atoms with Gasteiger partial charge in [-0.15, -0.1) is 0 Å². The van der Waals surface area contributed by atoms with Crippen LogP contribution >= 0.6 is 0 Å². The molecule has 4 rings (SSSR count). The van der Waals surface area contributed by atoms with Crippen LogP contribution in [0, 0.1) is 17.1 Å². The number of amides is 2. The van der Waals surface area contributed by atoms with Gasteiger partial charge >= 0.3 is 0 Å². The number of carbonyl (C=O) groups is 2. The van der Waals surface area contributed by atoms with Gasteiger partial charge in [0.15, 0.2) is 0 Å². The second-order valence-electron chi connectivity index (χ2n) is 8.25. The third-order valence-electron chi connectivity index (χ3n) is 5.77. The summed E-state index contributed by atoms with van der Waals surface area (Å²) < 4.78 is 14.6. The zero-order chi connectivity index (χ0) is 25.5. The first-order chi connectivity index (χ1) is 17.5. The quantitative estimate of drug-likeness (QED) is 0.315. The number of benzene rings is 3. The number of rotatable bonds is 9. The molecule has 0 saturated heterocycles. The molecule has 0 radical (unpaired) electrons. The summed E-state index contributed by atoms with van der Waals surface area (Å²) in [5, 5.41) is 21.4. The molecule has 4 N–H and O–H groups in total. The fraction of sp³-hybridized carbons (Fsp3) is 0.185. The van der Waals surface area contributed by atoms with Gasteiger partial charge in [0.1, 0.15) is 23.3 Å². The van der Waals surface area contributed by atoms with Gasteiger partial charge in [0.05, 0.1) is 24.3 Å². The molecule has 0 unspecified atom stereocenters. The van der Waals surface area contributed by atoms with Crippen molar-refractivity contribution in [2.24, 2.45) is 0 Å². The lowest BCUT2D eigenvalue weighted by Crippen LogP contribution is -2.38. The molecule has 0 aliphatic heterocycles. The minimum absolute atomic E-state index is 0.126. The molecule has 3 aromatic carbocycles. The zero-order valence-corrected chi connectivity index (χ0v) is 19.5. The van der Waals surface area contributed by atoms with Crippen LogP contribution in [0.1, 0.15) is 23.2 Å². The molecule has 4 aromatic rings. The largest absolute Gasteiger partial charge is 0.382 e. The summed E-state index contributed by atoms with van der Waals surface area (Å²) in [5.41, 5.74) is 8.27. The Morgan fingerprint density at radius 1 is 1.00 bits per heavy atom. The molecule has 2 amide bonds. The maximum absolute atomic E-state index is 13.2. The molecule has 0 saturated carbocycles. The first-order valence-corrected chi connectivity index (χ1v) is 11.5. The summed E-state index contributed by atoms with van der Waals surface area (Å²) in [7, 11) is 0. The van der Waals surface area contributed by atoms with Gasteiger partial charge in [0, 0.05) is 6.54 Å². The smallest absolute Gasteiger partial charge is 0.239 e. The molecule has 1 aromatic heterocycles. The Balaban J connectivity index is 1.24. The van der Waals surface area contributed by atoms with E-state index in [9.17, 15) is 19.2 Å². The van der Waals surface area contributed by atoms with Crippen LogP contribution < -0.4 is 16.4 Å². The van der Waals surface area contributed by atoms with Crippen LogP contribution in [-0.4, -0.2) is 34.7 Å². The van der Waals surface area contributed by atoms with E-state index in [1.165, 1.54) is 28.9 Å². The fourth-order valence-corrected chi connectivity index (χ4v) is 3.96. The zero-order valence-electron chi connectivity index (χ0n) is 19.5. The highest BCUT2D eigenvalue weighted by atomic mass is 19.1. The number of nitrogens with zero attached hydrogens (tertiary/aromatic N) is 3. The number of aryl methyl sites for hydroxylation is 1. The van der Waals surface area contributed by atoms with Gasteiger partial charge in [-0.05, 0) is 53.4 Å². The number of hydrogen-bond acceptors (Lipinski definition) is 5. The summed E-state index contributed by atoms with van der Waals surface area (Å²) in [5.74, 6) is -0.747. The van der Waals surface area contributed by atoms with Crippen molar-refractivity contribution in [3.63, 3.8) is 0 Å². The van der Waals surface area contributed by atoms with Crippen molar-refractivity contribution in [3.8, 4) is 11.8 Å². The number of fused-ring (bicyclic) bond motifs is 1. The molecule has 0 aliphatic rings. The maximum Gasteiger partial charge on any atom is 0.239 e. The lowest BCUT2D eigenvalue weighted by molar-refractivity contribution is -0.125. The van der Waals surface area contributed by atoms with E-state index in [4.69, 9.17) is 5.73 Å². The van der Waals surface area contributed by atoms with Crippen molar-refractivity contribution in [1.29, 1.82) is 5.26 Å². The van der Waals surface area contributed by atoms with E-state index in [1.807, 2.05) is 42.5 Å². The number of anilines is 1. The summed E-state index contributed by atoms with van der Waals surface area (Å²) >= 11 is 0. The molecule has 36 heavy (non-hydrogen) atoms. The van der Waals surface area contributed by atoms with Crippen molar-refractivity contribution in [2.75, 3.05) is 18.8 Å². The van der Waals surface area contributed by atoms with Crippen LogP contribution in [0.25, 0.3) is 16.5 Å². The molecule has 182 valence electrons. The highest BCUT2D eigenvalue weighted by Crippen LogP contribution is 2.22. The van der Waals surface area contributed by atoms with Gasteiger partial charge in [-0.3, -0.25) is 9.59 Å². The maximum atomic E-state index is 13.2. The third-order valence-corrected chi connectivity index (χ3v) is 5.77. The fourth-order valence-electron chi connectivity index (χ4n) is 3.96. The van der Waals surface area contributed by atoms with Crippen molar-refractivity contribution < 1.29 is 14.0 Å². The Kier molecular flexibility index (Phi) is 7.56. The number of halogens is 1. The molecule has 0 atom stereocenters. The van der Waals surface area contributed by atoms with Crippen molar-refractivity contribution in [3.05, 3.63) is 89.4 Å². The normalized spacial score (nSPS) is 10.7. The highest BCUT2D eigenvalue weighted by Gasteiger charge is 2.16. The monoisotopic (exact) mass is 484 g/mol. The molecule has 0 bridgehead atoms. The Bertz CT molecular complexity index is 1430. The van der Waals surface area contributed by atoms with E-state index in [2.05, 4.69) is 21.8 Å². The highest BCUT2D eigenvalue weighted by molar-refractivity contribution is 5.91. The predicted octanol–water partition coefficient (Wildman–Crippen LogP) is 3.03. The lowest BCUT2D eigenvalue weighted by atomic mass is 10.0. The summed E-state index contributed by atoms with van der Waals surface area (Å²) in [6.07, 6.45) is 1.11. The van der Waals surface area contributed by atoms with Gasteiger partial charge in [0.2, 0.25) is 11.8 Å². The lowest BCUT2D eigenvalue weighted by Gasteiger charge is -2.08. The topological polar surface area (TPSA) is 126 Å². The van der Waals surface area contributed by atoms with E-state index >= 15 is 0 Å². The number of aromatic nitrogens is 2. The standard InChI is InChI=1S/C27H25FN6O2/c28-20-10-12-21(13-11-20)34-27(30)23(16-29)24(33-34)9-4-14-31-26(36)17-32-25(35)15-19-7-3-6-18-5-1-2-8-22(18)19/h1-3,5-8,10-13H,4,9,14-15,17,30H2,(H,31,36)(H,32,35). The first-order valence-electron chi connectivity index (χ1n) is 11.5. The van der Waals surface area contributed by atoms with Crippen LogP contribution in [0.2, 0.25) is 0 Å². The number of hydrogen-bond donors (Lipinski definition) is 3. The Morgan fingerprint density at radius 2 is 1.75 bits per heavy atom. The van der Waals surface area contributed by atoms with Crippen LogP contribution in [-0.2, 0) is 22.4 Å². The summed E-state index contributed by atoms with van der Waals surface area (Å²) in [6.45, 7) is 0.214. The van der Waals surface area contributed by atoms with Crippen molar-refractivity contribution >= 4 is 28.4 Å². The minimum atomic E-state index is -0.384. The van der Waals surface area contributed by atoms with E-state index in [-0.39, 0.29) is 42.0 Å². The van der Waals surface area contributed by atoms with Crippen LogP contribution in [0.4, 0.5) is 10.2 Å². The van der Waals surface area contributed by atoms with Crippen molar-refractivity contribution in [1.82, 2.24) is 20.4 Å². The number of nitrogen functional groups attached to an aromatic ring is 1. The SMILES string of the molecule is N#Cc1c(CCCNC(=O)CNC(=O)Cc2cccc3ccccc23)nn(-c2ccc(F)cc2)c1N. The van der Waals surface area contributed by atoms with Gasteiger partial charge < -0.3 is 16.4 Å². The Morgan fingerprint density at radius 3 is 2.53 bits per heavy atom. The molecular weight excluding hydrogens is 459 g/mol. The van der Waals surface area contributed by atoms with Gasteiger partial charge in [0.25, 0.3) is 0 Å². The van der Waals surface area contributed by atoms with Crippen LogP contribution in [0.15, 0.2) is 66.7 Å². The molecular formula is C27H25FN6O2. The first kappa shape index (κ1) is 24.4. The second kappa shape index (κ2) is 11.1. The minimum Gasteiger partial charge on any atom is -0.382 e. The Hall–Kier alpha value is -4.71. The van der Waals surface area contributed by atoms with Crippen LogP contribution in [0.5, 0.6) is 0 Å². The summed E-state index contributed by atoms with van der Waals surface area (Å²) in [6, 6.07) is 21.3. The number of nitrogens with two attached hydrogens (primary N) is 1. The van der Waals surface area contributed by atoms with Crippen molar-refractivity contribution in [2.45, 2.75) is 19.3 Å². The molecule has 0 spiro atoms. The molecule has 0 fully saturated rings. The second-order valence-corrected chi connectivity index (χ2v) is 8.25. The molecule has 8 nitrogen and oxygen atoms in total. The van der Waals surface area contributed by atoms with Gasteiger partial charge in [-0.1, -0.05) is 42.5 Å². The van der Waals surface area contributed by atoms with E-state index in [0.717, 1.165) is 16.3 Å². The molecule has 9 heteroatoms. The Labute approximate surface area is 207 Å². The predicted molar refractivity (Wildman–Crippen MR) is 135 cm³/mol. The molecule has 0 aliphatic carbocycles. The number of nitrogens with one attached hydrogen (secondary N) is 2.